The molecule has 0 atom stereocenters. The Labute approximate surface area is 177 Å². The van der Waals surface area contributed by atoms with E-state index in [1.165, 1.54) is 30.5 Å². The van der Waals surface area contributed by atoms with Gasteiger partial charge in [-0.15, -0.1) is 0 Å². The highest BCUT2D eigenvalue weighted by molar-refractivity contribution is 6.03. The van der Waals surface area contributed by atoms with E-state index in [0.717, 1.165) is 23.2 Å². The number of carbonyl (C=O) groups excluding carboxylic acids is 1. The summed E-state index contributed by atoms with van der Waals surface area (Å²) in [5, 5.41) is 2.33. The summed E-state index contributed by atoms with van der Waals surface area (Å²) in [6, 6.07) is 5.54. The lowest BCUT2D eigenvalue weighted by atomic mass is 10.2. The number of aromatic nitrogens is 5. The molecule has 1 N–H and O–H groups in total. The Bertz CT molecular complexity index is 1290. The molecule has 0 saturated heterocycles. The number of rotatable bonds is 5. The largest absolute Gasteiger partial charge is 0.494 e. The van der Waals surface area contributed by atoms with Gasteiger partial charge in [-0.2, -0.15) is 13.2 Å². The van der Waals surface area contributed by atoms with Crippen molar-refractivity contribution < 1.29 is 27.1 Å². The van der Waals surface area contributed by atoms with Crippen molar-refractivity contribution in [3.8, 4) is 11.6 Å². The highest BCUT2D eigenvalue weighted by Crippen LogP contribution is 2.34. The quantitative estimate of drug-likeness (QED) is 0.466. The maximum Gasteiger partial charge on any atom is 0.450 e. The van der Waals surface area contributed by atoms with Crippen molar-refractivity contribution in [2.24, 2.45) is 0 Å². The highest BCUT2D eigenvalue weighted by atomic mass is 19.4. The van der Waals surface area contributed by atoms with E-state index < -0.39 is 23.7 Å². The fourth-order valence-electron chi connectivity index (χ4n) is 2.98. The van der Waals surface area contributed by atoms with Gasteiger partial charge < -0.3 is 10.1 Å². The second-order valence-corrected chi connectivity index (χ2v) is 6.42. The van der Waals surface area contributed by atoms with Crippen LogP contribution in [0.15, 0.2) is 49.1 Å². The lowest BCUT2D eigenvalue weighted by Crippen LogP contribution is -2.17. The molecule has 0 spiro atoms. The van der Waals surface area contributed by atoms with Gasteiger partial charge in [0.25, 0.3) is 5.91 Å². The van der Waals surface area contributed by atoms with Gasteiger partial charge in [0, 0.05) is 12.3 Å². The standard InChI is InChI=1S/C20H14F4N6O2/c1-2-32-11-3-4-15-14(7-11)28-19(20(22,23)24)30(15)17-10-26-16(9-27-17)29-18(31)12-5-6-25-8-13(12)21/h3-10H,2H2,1H3,(H,26,29,31). The second-order valence-electron chi connectivity index (χ2n) is 6.42. The summed E-state index contributed by atoms with van der Waals surface area (Å²) in [6.45, 7) is 2.10. The number of hydrogen-bond acceptors (Lipinski definition) is 6. The summed E-state index contributed by atoms with van der Waals surface area (Å²) >= 11 is 0. The van der Waals surface area contributed by atoms with E-state index in [9.17, 15) is 22.4 Å². The number of anilines is 1. The Hall–Kier alpha value is -4.09. The maximum atomic E-state index is 13.7. The van der Waals surface area contributed by atoms with Crippen LogP contribution in [0.1, 0.15) is 23.1 Å². The van der Waals surface area contributed by atoms with Crippen LogP contribution >= 0.6 is 0 Å². The molecule has 164 valence electrons. The Balaban J connectivity index is 1.69. The number of alkyl halides is 3. The molecule has 4 aromatic rings. The maximum absolute atomic E-state index is 13.7. The van der Waals surface area contributed by atoms with Crippen LogP contribution in [0.2, 0.25) is 0 Å². The van der Waals surface area contributed by atoms with Gasteiger partial charge in [-0.25, -0.2) is 19.3 Å². The van der Waals surface area contributed by atoms with Crippen molar-refractivity contribution >= 4 is 22.8 Å². The third-order valence-electron chi connectivity index (χ3n) is 4.32. The predicted octanol–water partition coefficient (Wildman–Crippen LogP) is 4.02. The number of ether oxygens (including phenoxy) is 1. The first-order valence-electron chi connectivity index (χ1n) is 9.23. The lowest BCUT2D eigenvalue weighted by Gasteiger charge is -2.11. The minimum atomic E-state index is -4.77. The SMILES string of the molecule is CCOc1ccc2c(c1)nc(C(F)(F)F)n2-c1cnc(NC(=O)c2ccncc2F)cn1. The van der Waals surface area contributed by atoms with E-state index in [1.54, 1.807) is 6.92 Å². The zero-order chi connectivity index (χ0) is 22.9. The van der Waals surface area contributed by atoms with E-state index >= 15 is 0 Å². The second kappa shape index (κ2) is 8.21. The van der Waals surface area contributed by atoms with Gasteiger partial charge in [0.05, 0.1) is 41.8 Å². The minimum Gasteiger partial charge on any atom is -0.494 e. The van der Waals surface area contributed by atoms with Crippen LogP contribution in [0.4, 0.5) is 23.4 Å². The van der Waals surface area contributed by atoms with Gasteiger partial charge in [0.2, 0.25) is 5.82 Å². The Kier molecular flexibility index (Phi) is 5.43. The number of nitrogens with one attached hydrogen (secondary N) is 1. The molecule has 32 heavy (non-hydrogen) atoms. The summed E-state index contributed by atoms with van der Waals surface area (Å²) in [6.07, 6.45) is -0.535. The van der Waals surface area contributed by atoms with Crippen LogP contribution < -0.4 is 10.1 Å². The van der Waals surface area contributed by atoms with Gasteiger partial charge in [0.1, 0.15) is 5.75 Å². The van der Waals surface area contributed by atoms with E-state index in [0.29, 0.717) is 12.4 Å². The van der Waals surface area contributed by atoms with Gasteiger partial charge in [-0.05, 0) is 25.1 Å². The molecule has 0 aliphatic carbocycles. The topological polar surface area (TPSA) is 94.8 Å². The number of amides is 1. The average Bonchev–Trinajstić information content (AvgIpc) is 3.14. The number of nitrogens with zero attached hydrogens (tertiary/aromatic N) is 5. The van der Waals surface area contributed by atoms with Crippen molar-refractivity contribution in [2.45, 2.75) is 13.1 Å². The first kappa shape index (κ1) is 21.2. The summed E-state index contributed by atoms with van der Waals surface area (Å²) in [7, 11) is 0. The minimum absolute atomic E-state index is 0.0654. The number of imidazole rings is 1. The van der Waals surface area contributed by atoms with Crippen molar-refractivity contribution in [3.63, 3.8) is 0 Å². The van der Waals surface area contributed by atoms with Gasteiger partial charge in [-0.3, -0.25) is 14.3 Å². The third-order valence-corrected chi connectivity index (χ3v) is 4.32. The number of carbonyl (C=O) groups is 1. The Morgan fingerprint density at radius 3 is 2.62 bits per heavy atom. The molecular weight excluding hydrogens is 432 g/mol. The summed E-state index contributed by atoms with van der Waals surface area (Å²) in [5.74, 6) is -2.69. The molecule has 12 heteroatoms. The van der Waals surface area contributed by atoms with Crippen molar-refractivity contribution in [2.75, 3.05) is 11.9 Å². The molecule has 4 rings (SSSR count). The molecule has 0 fully saturated rings. The van der Waals surface area contributed by atoms with E-state index in [4.69, 9.17) is 4.74 Å². The lowest BCUT2D eigenvalue weighted by molar-refractivity contribution is -0.145. The number of fused-ring (bicyclic) bond motifs is 1. The fraction of sp³-hybridized carbons (Fsp3) is 0.150. The molecular formula is C20H14F4N6O2. The molecule has 0 bridgehead atoms. The molecule has 0 unspecified atom stereocenters. The number of hydrogen-bond donors (Lipinski definition) is 1. The first-order chi connectivity index (χ1) is 15.3. The van der Waals surface area contributed by atoms with Crippen LogP contribution in [0.3, 0.4) is 0 Å². The fourth-order valence-corrected chi connectivity index (χ4v) is 2.98. The summed E-state index contributed by atoms with van der Waals surface area (Å²) in [5.41, 5.74) is -0.0581. The van der Waals surface area contributed by atoms with Crippen molar-refractivity contribution in [1.29, 1.82) is 0 Å². The highest BCUT2D eigenvalue weighted by Gasteiger charge is 2.38. The monoisotopic (exact) mass is 446 g/mol. The van der Waals surface area contributed by atoms with E-state index in [2.05, 4.69) is 25.3 Å². The first-order valence-corrected chi connectivity index (χ1v) is 9.23. The zero-order valence-corrected chi connectivity index (χ0v) is 16.4. The van der Waals surface area contributed by atoms with Crippen LogP contribution in [0.5, 0.6) is 5.75 Å². The van der Waals surface area contributed by atoms with Gasteiger partial charge in [0.15, 0.2) is 17.5 Å². The molecule has 1 amide bonds. The van der Waals surface area contributed by atoms with Crippen LogP contribution in [0.25, 0.3) is 16.9 Å². The van der Waals surface area contributed by atoms with E-state index in [-0.39, 0.29) is 28.2 Å². The third kappa shape index (κ3) is 4.06. The summed E-state index contributed by atoms with van der Waals surface area (Å²) < 4.78 is 60.7. The van der Waals surface area contributed by atoms with Crippen LogP contribution in [0, 0.1) is 5.82 Å². The average molecular weight is 446 g/mol. The van der Waals surface area contributed by atoms with E-state index in [1.807, 2.05) is 0 Å². The van der Waals surface area contributed by atoms with Crippen molar-refractivity contribution in [1.82, 2.24) is 24.5 Å². The molecule has 0 saturated carbocycles. The molecule has 3 aromatic heterocycles. The summed E-state index contributed by atoms with van der Waals surface area (Å²) in [4.78, 5) is 27.3. The molecule has 8 nitrogen and oxygen atoms in total. The molecule has 0 radical (unpaired) electrons. The van der Waals surface area contributed by atoms with Gasteiger partial charge in [-0.1, -0.05) is 0 Å². The van der Waals surface area contributed by atoms with Crippen LogP contribution in [-0.2, 0) is 6.18 Å². The van der Waals surface area contributed by atoms with Crippen LogP contribution in [-0.4, -0.2) is 37.0 Å². The predicted molar refractivity (Wildman–Crippen MR) is 105 cm³/mol. The normalized spacial score (nSPS) is 11.5. The Morgan fingerprint density at radius 2 is 1.97 bits per heavy atom. The number of halogens is 4. The smallest absolute Gasteiger partial charge is 0.450 e. The zero-order valence-electron chi connectivity index (χ0n) is 16.4. The van der Waals surface area contributed by atoms with Crippen molar-refractivity contribution in [3.05, 3.63) is 66.3 Å². The number of pyridine rings is 1. The molecule has 0 aliphatic heterocycles. The number of benzene rings is 1. The Morgan fingerprint density at radius 1 is 1.16 bits per heavy atom. The van der Waals surface area contributed by atoms with Gasteiger partial charge >= 0.3 is 6.18 Å². The molecule has 1 aromatic carbocycles. The molecule has 0 aliphatic rings. The molecule has 3 heterocycles.